The minimum Gasteiger partial charge on any atom is -0.465 e. The molecule has 0 saturated carbocycles. The zero-order chi connectivity index (χ0) is 16.1. The summed E-state index contributed by atoms with van der Waals surface area (Å²) in [4.78, 5) is 22.9. The summed E-state index contributed by atoms with van der Waals surface area (Å²) in [6.07, 6.45) is 1.22. The van der Waals surface area contributed by atoms with Gasteiger partial charge in [0.1, 0.15) is 0 Å². The van der Waals surface area contributed by atoms with Crippen molar-refractivity contribution in [2.45, 2.75) is 25.3 Å². The van der Waals surface area contributed by atoms with Gasteiger partial charge in [-0.3, -0.25) is 10.1 Å². The van der Waals surface area contributed by atoms with Gasteiger partial charge in [0.2, 0.25) is 0 Å². The van der Waals surface area contributed by atoms with Crippen LogP contribution in [-0.2, 0) is 6.42 Å². The van der Waals surface area contributed by atoms with E-state index in [0.29, 0.717) is 31.6 Å². The average Bonchev–Trinajstić information content (AvgIpc) is 2.49. The quantitative estimate of drug-likeness (QED) is 0.612. The number of piperidine rings is 1. The van der Waals surface area contributed by atoms with E-state index in [1.54, 1.807) is 12.1 Å². The number of carboxylic acid groups (broad SMARTS) is 1. The maximum absolute atomic E-state index is 11.0. The second kappa shape index (κ2) is 7.55. The summed E-state index contributed by atoms with van der Waals surface area (Å²) in [5.41, 5.74) is 0.805. The van der Waals surface area contributed by atoms with Crippen molar-refractivity contribution in [3.05, 3.63) is 38.3 Å². The molecule has 1 fully saturated rings. The fraction of sp³-hybridized carbons (Fsp3) is 0.500. The molecular weight excluding hydrogens is 354 g/mol. The molecule has 1 aliphatic heterocycles. The smallest absolute Gasteiger partial charge is 0.407 e. The maximum atomic E-state index is 11.0. The van der Waals surface area contributed by atoms with Gasteiger partial charge in [0.15, 0.2) is 0 Å². The van der Waals surface area contributed by atoms with E-state index in [4.69, 9.17) is 5.11 Å². The van der Waals surface area contributed by atoms with Crippen LogP contribution < -0.4 is 5.32 Å². The van der Waals surface area contributed by atoms with Gasteiger partial charge in [0.25, 0.3) is 5.69 Å². The molecule has 120 valence electrons. The summed E-state index contributed by atoms with van der Waals surface area (Å²) >= 11 is 3.36. The molecule has 1 amide bonds. The third-order valence-corrected chi connectivity index (χ3v) is 4.61. The fourth-order valence-electron chi connectivity index (χ4n) is 2.64. The molecule has 0 aromatic heterocycles. The van der Waals surface area contributed by atoms with E-state index < -0.39 is 6.09 Å². The lowest BCUT2D eigenvalue weighted by molar-refractivity contribution is -0.385. The number of nitrogens with zero attached hydrogens (tertiary/aromatic N) is 2. The number of nitro groups is 1. The van der Waals surface area contributed by atoms with E-state index in [1.165, 1.54) is 11.0 Å². The third kappa shape index (κ3) is 4.17. The number of amides is 1. The number of benzene rings is 1. The van der Waals surface area contributed by atoms with Crippen LogP contribution in [-0.4, -0.2) is 46.7 Å². The Morgan fingerprint density at radius 3 is 2.73 bits per heavy atom. The van der Waals surface area contributed by atoms with E-state index in [0.717, 1.165) is 17.3 Å². The van der Waals surface area contributed by atoms with Crippen molar-refractivity contribution in [1.29, 1.82) is 0 Å². The minimum absolute atomic E-state index is 0.122. The highest BCUT2D eigenvalue weighted by atomic mass is 79.9. The molecule has 7 nitrogen and oxygen atoms in total. The first-order valence-corrected chi connectivity index (χ1v) is 7.91. The van der Waals surface area contributed by atoms with Crippen molar-refractivity contribution < 1.29 is 14.8 Å². The van der Waals surface area contributed by atoms with Gasteiger partial charge < -0.3 is 15.3 Å². The highest BCUT2D eigenvalue weighted by Gasteiger charge is 2.22. The molecule has 0 aliphatic carbocycles. The molecule has 1 aromatic carbocycles. The van der Waals surface area contributed by atoms with Crippen molar-refractivity contribution in [2.24, 2.45) is 0 Å². The molecular formula is C14H18BrN3O4. The van der Waals surface area contributed by atoms with Crippen LogP contribution in [0.25, 0.3) is 0 Å². The molecule has 2 N–H and O–H groups in total. The van der Waals surface area contributed by atoms with Crippen LogP contribution in [0.15, 0.2) is 22.7 Å². The highest BCUT2D eigenvalue weighted by Crippen LogP contribution is 2.26. The minimum atomic E-state index is -0.873. The van der Waals surface area contributed by atoms with Crippen LogP contribution in [0.2, 0.25) is 0 Å². The Bertz CT molecular complexity index is 559. The average molecular weight is 372 g/mol. The molecule has 1 heterocycles. The number of hydrogen-bond donors (Lipinski definition) is 2. The van der Waals surface area contributed by atoms with Gasteiger partial charge in [-0.25, -0.2) is 4.79 Å². The van der Waals surface area contributed by atoms with Crippen LogP contribution in [0.3, 0.4) is 0 Å². The number of nitro benzene ring substituents is 1. The largest absolute Gasteiger partial charge is 0.465 e. The fourth-order valence-corrected chi connectivity index (χ4v) is 3.20. The van der Waals surface area contributed by atoms with E-state index in [-0.39, 0.29) is 16.7 Å². The van der Waals surface area contributed by atoms with Gasteiger partial charge in [-0.2, -0.15) is 0 Å². The van der Waals surface area contributed by atoms with Gasteiger partial charge in [0.05, 0.1) is 4.92 Å². The monoisotopic (exact) mass is 371 g/mol. The van der Waals surface area contributed by atoms with E-state index >= 15 is 0 Å². The van der Waals surface area contributed by atoms with Crippen molar-refractivity contribution in [3.63, 3.8) is 0 Å². The Kier molecular flexibility index (Phi) is 5.73. The van der Waals surface area contributed by atoms with Crippen LogP contribution in [0.1, 0.15) is 18.4 Å². The van der Waals surface area contributed by atoms with E-state index in [2.05, 4.69) is 21.2 Å². The Balaban J connectivity index is 1.85. The number of nitrogens with one attached hydrogen (secondary N) is 1. The molecule has 2 rings (SSSR count). The van der Waals surface area contributed by atoms with Crippen molar-refractivity contribution in [3.8, 4) is 0 Å². The Labute approximate surface area is 136 Å². The molecule has 0 spiro atoms. The second-order valence-corrected chi connectivity index (χ2v) is 6.10. The molecule has 0 bridgehead atoms. The summed E-state index contributed by atoms with van der Waals surface area (Å²) in [6, 6.07) is 5.22. The Morgan fingerprint density at radius 1 is 1.45 bits per heavy atom. The van der Waals surface area contributed by atoms with Gasteiger partial charge in [0, 0.05) is 35.2 Å². The SMILES string of the molecule is O=C(O)N1CCC(NCCc2c(Br)cccc2[N+](=O)[O-])CC1. The predicted octanol–water partition coefficient (Wildman–Crippen LogP) is 2.63. The first kappa shape index (κ1) is 16.7. The summed E-state index contributed by atoms with van der Waals surface area (Å²) in [6.45, 7) is 1.69. The predicted molar refractivity (Wildman–Crippen MR) is 85.1 cm³/mol. The summed E-state index contributed by atoms with van der Waals surface area (Å²) < 4.78 is 0.740. The molecule has 0 radical (unpaired) electrons. The number of carbonyl (C=O) groups is 1. The van der Waals surface area contributed by atoms with Crippen molar-refractivity contribution >= 4 is 27.7 Å². The van der Waals surface area contributed by atoms with Crippen molar-refractivity contribution in [1.82, 2.24) is 10.2 Å². The lowest BCUT2D eigenvalue weighted by Gasteiger charge is -2.30. The number of likely N-dealkylation sites (tertiary alicyclic amines) is 1. The highest BCUT2D eigenvalue weighted by molar-refractivity contribution is 9.10. The summed E-state index contributed by atoms with van der Waals surface area (Å²) in [7, 11) is 0. The van der Waals surface area contributed by atoms with E-state index in [9.17, 15) is 14.9 Å². The van der Waals surface area contributed by atoms with Crippen LogP contribution >= 0.6 is 15.9 Å². The molecule has 1 aliphatic rings. The number of halogens is 1. The number of hydrogen-bond acceptors (Lipinski definition) is 4. The molecule has 22 heavy (non-hydrogen) atoms. The first-order chi connectivity index (χ1) is 10.5. The normalized spacial score (nSPS) is 15.8. The molecule has 8 heteroatoms. The standard InChI is InChI=1S/C14H18BrN3O4/c15-12-2-1-3-13(18(21)22)11(12)4-7-16-10-5-8-17(9-6-10)14(19)20/h1-3,10,16H,4-9H2,(H,19,20). The zero-order valence-corrected chi connectivity index (χ0v) is 13.6. The lowest BCUT2D eigenvalue weighted by Crippen LogP contribution is -2.44. The first-order valence-electron chi connectivity index (χ1n) is 7.12. The summed E-state index contributed by atoms with van der Waals surface area (Å²) in [5.74, 6) is 0. The molecule has 0 atom stereocenters. The van der Waals surface area contributed by atoms with Gasteiger partial charge >= 0.3 is 6.09 Å². The summed E-state index contributed by atoms with van der Waals surface area (Å²) in [5, 5.41) is 23.3. The zero-order valence-electron chi connectivity index (χ0n) is 12.0. The third-order valence-electron chi connectivity index (χ3n) is 3.86. The maximum Gasteiger partial charge on any atom is 0.407 e. The number of rotatable bonds is 5. The molecule has 1 saturated heterocycles. The van der Waals surface area contributed by atoms with Gasteiger partial charge in [-0.15, -0.1) is 0 Å². The Morgan fingerprint density at radius 2 is 2.14 bits per heavy atom. The van der Waals surface area contributed by atoms with Crippen LogP contribution in [0.5, 0.6) is 0 Å². The van der Waals surface area contributed by atoms with Gasteiger partial charge in [-0.05, 0) is 31.9 Å². The van der Waals surface area contributed by atoms with Crippen LogP contribution in [0.4, 0.5) is 10.5 Å². The Hall–Kier alpha value is -1.67. The van der Waals surface area contributed by atoms with Crippen molar-refractivity contribution in [2.75, 3.05) is 19.6 Å². The molecule has 0 unspecified atom stereocenters. The second-order valence-electron chi connectivity index (χ2n) is 5.24. The van der Waals surface area contributed by atoms with E-state index in [1.807, 2.05) is 0 Å². The molecule has 1 aromatic rings. The van der Waals surface area contributed by atoms with Crippen LogP contribution in [0, 0.1) is 10.1 Å². The lowest BCUT2D eigenvalue weighted by atomic mass is 10.0. The van der Waals surface area contributed by atoms with Gasteiger partial charge in [-0.1, -0.05) is 22.0 Å². The topological polar surface area (TPSA) is 95.7 Å².